The van der Waals surface area contributed by atoms with Crippen molar-refractivity contribution in [3.63, 3.8) is 0 Å². The molecule has 0 aromatic carbocycles. The van der Waals surface area contributed by atoms with Gasteiger partial charge in [-0.2, -0.15) is 5.10 Å². The summed E-state index contributed by atoms with van der Waals surface area (Å²) < 4.78 is 1.79. The Hall–Kier alpha value is -1.95. The van der Waals surface area contributed by atoms with Crippen molar-refractivity contribution < 1.29 is 4.79 Å². The Balaban J connectivity index is 1.90. The molecular weight excluding hydrogens is 290 g/mol. The highest BCUT2D eigenvalue weighted by atomic mass is 35.5. The van der Waals surface area contributed by atoms with Crippen LogP contribution in [0, 0.1) is 13.8 Å². The molecule has 0 saturated heterocycles. The van der Waals surface area contributed by atoms with Gasteiger partial charge in [0.25, 0.3) is 5.91 Å². The van der Waals surface area contributed by atoms with Gasteiger partial charge in [-0.3, -0.25) is 9.48 Å². The fraction of sp³-hybridized carbons (Fsp3) is 0.429. The van der Waals surface area contributed by atoms with E-state index in [0.29, 0.717) is 23.7 Å². The molecule has 0 unspecified atom stereocenters. The van der Waals surface area contributed by atoms with Crippen LogP contribution in [-0.2, 0) is 13.0 Å². The van der Waals surface area contributed by atoms with Crippen molar-refractivity contribution in [1.82, 2.24) is 25.1 Å². The molecule has 2 aromatic rings. The van der Waals surface area contributed by atoms with Gasteiger partial charge in [0.1, 0.15) is 5.82 Å². The molecule has 0 aliphatic heterocycles. The van der Waals surface area contributed by atoms with Crippen molar-refractivity contribution in [1.29, 1.82) is 0 Å². The third-order valence-corrected chi connectivity index (χ3v) is 3.73. The average molecular weight is 308 g/mol. The zero-order valence-electron chi connectivity index (χ0n) is 12.4. The lowest BCUT2D eigenvalue weighted by atomic mass is 10.3. The molecule has 0 atom stereocenters. The first-order chi connectivity index (χ1) is 10.0. The molecule has 0 aliphatic carbocycles. The summed E-state index contributed by atoms with van der Waals surface area (Å²) in [5, 5.41) is 7.80. The summed E-state index contributed by atoms with van der Waals surface area (Å²) in [7, 11) is 0. The minimum absolute atomic E-state index is 0.190. The molecule has 0 aliphatic rings. The van der Waals surface area contributed by atoms with Gasteiger partial charge in [0.05, 0.1) is 28.5 Å². The van der Waals surface area contributed by atoms with Crippen LogP contribution in [0.3, 0.4) is 0 Å². The SMILES string of the molecule is CCc1ncc(C(=O)NCCn2nc(C)c(Cl)c2C)cn1. The zero-order chi connectivity index (χ0) is 15.4. The van der Waals surface area contributed by atoms with Crippen molar-refractivity contribution in [2.45, 2.75) is 33.7 Å². The lowest BCUT2D eigenvalue weighted by molar-refractivity contribution is 0.0951. The van der Waals surface area contributed by atoms with Crippen LogP contribution < -0.4 is 5.32 Å². The predicted molar refractivity (Wildman–Crippen MR) is 80.5 cm³/mol. The quantitative estimate of drug-likeness (QED) is 0.916. The lowest BCUT2D eigenvalue weighted by Gasteiger charge is -2.07. The van der Waals surface area contributed by atoms with Crippen molar-refractivity contribution in [2.24, 2.45) is 0 Å². The molecule has 0 spiro atoms. The van der Waals surface area contributed by atoms with Crippen molar-refractivity contribution in [2.75, 3.05) is 6.54 Å². The third-order valence-electron chi connectivity index (χ3n) is 3.19. The van der Waals surface area contributed by atoms with Crippen LogP contribution in [-0.4, -0.2) is 32.2 Å². The summed E-state index contributed by atoms with van der Waals surface area (Å²) in [5.74, 6) is 0.536. The zero-order valence-corrected chi connectivity index (χ0v) is 13.1. The third kappa shape index (κ3) is 3.58. The van der Waals surface area contributed by atoms with Crippen LogP contribution in [0.5, 0.6) is 0 Å². The van der Waals surface area contributed by atoms with E-state index in [0.717, 1.165) is 23.6 Å². The van der Waals surface area contributed by atoms with Gasteiger partial charge in [0.15, 0.2) is 0 Å². The van der Waals surface area contributed by atoms with Crippen LogP contribution in [0.1, 0.15) is 34.5 Å². The first-order valence-electron chi connectivity index (χ1n) is 6.81. The van der Waals surface area contributed by atoms with Gasteiger partial charge in [-0.05, 0) is 13.8 Å². The highest BCUT2D eigenvalue weighted by molar-refractivity contribution is 6.31. The second-order valence-electron chi connectivity index (χ2n) is 4.71. The number of aromatic nitrogens is 4. The molecule has 0 bridgehead atoms. The minimum atomic E-state index is -0.190. The fourth-order valence-corrected chi connectivity index (χ4v) is 2.06. The van der Waals surface area contributed by atoms with Gasteiger partial charge >= 0.3 is 0 Å². The first-order valence-corrected chi connectivity index (χ1v) is 7.19. The van der Waals surface area contributed by atoms with E-state index in [1.54, 1.807) is 17.1 Å². The molecule has 0 saturated carbocycles. The Kier molecular flexibility index (Phi) is 4.90. The molecule has 7 heteroatoms. The number of hydrogen-bond donors (Lipinski definition) is 1. The van der Waals surface area contributed by atoms with E-state index in [2.05, 4.69) is 20.4 Å². The van der Waals surface area contributed by atoms with Gasteiger partial charge in [0.2, 0.25) is 0 Å². The van der Waals surface area contributed by atoms with Crippen LogP contribution in [0.4, 0.5) is 0 Å². The average Bonchev–Trinajstić information content (AvgIpc) is 2.74. The van der Waals surface area contributed by atoms with Crippen molar-refractivity contribution in [3.05, 3.63) is 40.2 Å². The number of nitrogens with zero attached hydrogens (tertiary/aromatic N) is 4. The van der Waals surface area contributed by atoms with Gasteiger partial charge in [0, 0.05) is 25.4 Å². The number of halogens is 1. The second kappa shape index (κ2) is 6.67. The van der Waals surface area contributed by atoms with Gasteiger partial charge in [-0.15, -0.1) is 0 Å². The van der Waals surface area contributed by atoms with Gasteiger partial charge in [-0.25, -0.2) is 9.97 Å². The standard InChI is InChI=1S/C14H18ClN5O/c1-4-12-17-7-11(8-18-12)14(21)16-5-6-20-10(3)13(15)9(2)19-20/h7-8H,4-6H2,1-3H3,(H,16,21). The Morgan fingerprint density at radius 3 is 2.52 bits per heavy atom. The maximum absolute atomic E-state index is 11.9. The number of aryl methyl sites for hydroxylation is 2. The van der Waals surface area contributed by atoms with E-state index < -0.39 is 0 Å². The molecule has 2 heterocycles. The van der Waals surface area contributed by atoms with E-state index in [9.17, 15) is 4.79 Å². The van der Waals surface area contributed by atoms with Crippen LogP contribution in [0.15, 0.2) is 12.4 Å². The summed E-state index contributed by atoms with van der Waals surface area (Å²) >= 11 is 6.08. The van der Waals surface area contributed by atoms with Crippen molar-refractivity contribution >= 4 is 17.5 Å². The molecule has 1 N–H and O–H groups in total. The molecule has 2 rings (SSSR count). The van der Waals surface area contributed by atoms with Crippen LogP contribution >= 0.6 is 11.6 Å². The largest absolute Gasteiger partial charge is 0.350 e. The van der Waals surface area contributed by atoms with E-state index in [1.165, 1.54) is 0 Å². The minimum Gasteiger partial charge on any atom is -0.350 e. The maximum atomic E-state index is 11.9. The molecular formula is C14H18ClN5O. The molecule has 112 valence electrons. The topological polar surface area (TPSA) is 72.7 Å². The number of carbonyl (C=O) groups excluding carboxylic acids is 1. The predicted octanol–water partition coefficient (Wildman–Crippen LogP) is 1.94. The Bertz CT molecular complexity index is 636. The van der Waals surface area contributed by atoms with Crippen LogP contribution in [0.25, 0.3) is 0 Å². The smallest absolute Gasteiger partial charge is 0.254 e. The van der Waals surface area contributed by atoms with Crippen LogP contribution in [0.2, 0.25) is 5.02 Å². The van der Waals surface area contributed by atoms with Gasteiger partial charge < -0.3 is 5.32 Å². The number of amides is 1. The normalized spacial score (nSPS) is 10.7. The number of nitrogens with one attached hydrogen (secondary N) is 1. The molecule has 1 amide bonds. The Morgan fingerprint density at radius 2 is 2.00 bits per heavy atom. The molecule has 21 heavy (non-hydrogen) atoms. The molecule has 0 fully saturated rings. The summed E-state index contributed by atoms with van der Waals surface area (Å²) in [5.41, 5.74) is 2.15. The molecule has 0 radical (unpaired) electrons. The number of hydrogen-bond acceptors (Lipinski definition) is 4. The Labute approximate surface area is 128 Å². The summed E-state index contributed by atoms with van der Waals surface area (Å²) in [6.07, 6.45) is 3.84. The summed E-state index contributed by atoms with van der Waals surface area (Å²) in [6.45, 7) is 6.76. The van der Waals surface area contributed by atoms with Crippen molar-refractivity contribution in [3.8, 4) is 0 Å². The highest BCUT2D eigenvalue weighted by Crippen LogP contribution is 2.18. The van der Waals surface area contributed by atoms with Gasteiger partial charge in [-0.1, -0.05) is 18.5 Å². The monoisotopic (exact) mass is 307 g/mol. The van der Waals surface area contributed by atoms with E-state index in [1.807, 2.05) is 20.8 Å². The summed E-state index contributed by atoms with van der Waals surface area (Å²) in [6, 6.07) is 0. The van der Waals surface area contributed by atoms with E-state index >= 15 is 0 Å². The molecule has 2 aromatic heterocycles. The Morgan fingerprint density at radius 1 is 1.33 bits per heavy atom. The highest BCUT2D eigenvalue weighted by Gasteiger charge is 2.10. The maximum Gasteiger partial charge on any atom is 0.254 e. The number of carbonyl (C=O) groups is 1. The number of rotatable bonds is 5. The first kappa shape index (κ1) is 15.4. The van der Waals surface area contributed by atoms with E-state index in [4.69, 9.17) is 11.6 Å². The van der Waals surface area contributed by atoms with E-state index in [-0.39, 0.29) is 5.91 Å². The lowest BCUT2D eigenvalue weighted by Crippen LogP contribution is -2.28. The molecule has 6 nitrogen and oxygen atoms in total. The summed E-state index contributed by atoms with van der Waals surface area (Å²) in [4.78, 5) is 20.2. The fourth-order valence-electron chi connectivity index (χ4n) is 1.92. The second-order valence-corrected chi connectivity index (χ2v) is 5.08.